The number of nitrogens with one attached hydrogen (secondary N) is 1. The van der Waals surface area contributed by atoms with E-state index in [2.05, 4.69) is 5.32 Å². The fraction of sp³-hybridized carbons (Fsp3) is 0.389. The Bertz CT molecular complexity index is 899. The van der Waals surface area contributed by atoms with Gasteiger partial charge < -0.3 is 14.6 Å². The molecule has 7 nitrogen and oxygen atoms in total. The number of carbonyl (C=O) groups is 1. The number of hydrogen-bond donors (Lipinski definition) is 1. The molecule has 0 unspecified atom stereocenters. The van der Waals surface area contributed by atoms with Gasteiger partial charge in [0, 0.05) is 32.0 Å². The third-order valence-corrected chi connectivity index (χ3v) is 6.28. The first-order chi connectivity index (χ1) is 12.4. The largest absolute Gasteiger partial charge is 0.492 e. The standard InChI is InChI=1S/C18H23N3O4S/c1-3-25-16-9-8-14(19-18(22)15-7-6-10-20(15)2)13-17(16)26(23,24)21-11-4-5-12-21/h6-10,13H,3-5,11-12H2,1-2H3,(H,19,22). The van der Waals surface area contributed by atoms with Gasteiger partial charge in [0.2, 0.25) is 10.0 Å². The zero-order chi connectivity index (χ0) is 18.7. The molecule has 1 saturated heterocycles. The van der Waals surface area contributed by atoms with Gasteiger partial charge in [0.1, 0.15) is 16.3 Å². The Morgan fingerprint density at radius 3 is 2.58 bits per heavy atom. The van der Waals surface area contributed by atoms with Crippen LogP contribution in [0.2, 0.25) is 0 Å². The smallest absolute Gasteiger partial charge is 0.272 e. The Labute approximate surface area is 153 Å². The Morgan fingerprint density at radius 2 is 1.96 bits per heavy atom. The Hall–Kier alpha value is -2.32. The average Bonchev–Trinajstić information content (AvgIpc) is 3.28. The van der Waals surface area contributed by atoms with Gasteiger partial charge in [-0.2, -0.15) is 4.31 Å². The third-order valence-electron chi connectivity index (χ3n) is 4.36. The molecule has 1 aromatic heterocycles. The van der Waals surface area contributed by atoms with E-state index in [9.17, 15) is 13.2 Å². The quantitative estimate of drug-likeness (QED) is 0.839. The lowest BCUT2D eigenvalue weighted by molar-refractivity contribution is 0.101. The number of sulfonamides is 1. The van der Waals surface area contributed by atoms with Gasteiger partial charge in [0.25, 0.3) is 5.91 Å². The Kier molecular flexibility index (Phi) is 5.33. The second-order valence-corrected chi connectivity index (χ2v) is 8.07. The second-order valence-electron chi connectivity index (χ2n) is 6.16. The fourth-order valence-corrected chi connectivity index (χ4v) is 4.70. The lowest BCUT2D eigenvalue weighted by Gasteiger charge is -2.19. The summed E-state index contributed by atoms with van der Waals surface area (Å²) in [5.74, 6) is 0.00226. The van der Waals surface area contributed by atoms with Crippen molar-refractivity contribution in [2.45, 2.75) is 24.7 Å². The molecule has 0 aliphatic carbocycles. The highest BCUT2D eigenvalue weighted by Gasteiger charge is 2.30. The summed E-state index contributed by atoms with van der Waals surface area (Å²) in [5, 5.41) is 2.76. The maximum absolute atomic E-state index is 13.0. The van der Waals surface area contributed by atoms with Crippen LogP contribution < -0.4 is 10.1 Å². The molecule has 0 atom stereocenters. The average molecular weight is 377 g/mol. The summed E-state index contributed by atoms with van der Waals surface area (Å²) in [6.07, 6.45) is 3.48. The first-order valence-electron chi connectivity index (χ1n) is 8.63. The van der Waals surface area contributed by atoms with Crippen LogP contribution in [0.5, 0.6) is 5.75 Å². The lowest BCUT2D eigenvalue weighted by atomic mass is 10.3. The van der Waals surface area contributed by atoms with Crippen LogP contribution in [0.1, 0.15) is 30.3 Å². The highest BCUT2D eigenvalue weighted by molar-refractivity contribution is 7.89. The molecule has 8 heteroatoms. The molecule has 0 saturated carbocycles. The van der Waals surface area contributed by atoms with Gasteiger partial charge in [0.05, 0.1) is 6.61 Å². The van der Waals surface area contributed by atoms with Crippen LogP contribution >= 0.6 is 0 Å². The van der Waals surface area contributed by atoms with Crippen molar-refractivity contribution in [2.75, 3.05) is 25.0 Å². The van der Waals surface area contributed by atoms with Crippen molar-refractivity contribution in [3.05, 3.63) is 42.2 Å². The monoisotopic (exact) mass is 377 g/mol. The van der Waals surface area contributed by atoms with Gasteiger partial charge in [-0.1, -0.05) is 0 Å². The van der Waals surface area contributed by atoms with E-state index in [1.807, 2.05) is 0 Å². The van der Waals surface area contributed by atoms with Gasteiger partial charge >= 0.3 is 0 Å². The minimum Gasteiger partial charge on any atom is -0.492 e. The molecule has 1 aliphatic rings. The molecular formula is C18H23N3O4S. The van der Waals surface area contributed by atoms with E-state index >= 15 is 0 Å². The van der Waals surface area contributed by atoms with Crippen molar-refractivity contribution in [1.82, 2.24) is 8.87 Å². The number of hydrogen-bond acceptors (Lipinski definition) is 4. The van der Waals surface area contributed by atoms with Gasteiger partial charge in [-0.05, 0) is 50.1 Å². The Balaban J connectivity index is 1.93. The van der Waals surface area contributed by atoms with Gasteiger partial charge in [-0.3, -0.25) is 4.79 Å². The van der Waals surface area contributed by atoms with Crippen LogP contribution in [0.3, 0.4) is 0 Å². The molecule has 0 radical (unpaired) electrons. The number of amides is 1. The SMILES string of the molecule is CCOc1ccc(NC(=O)c2cccn2C)cc1S(=O)(=O)N1CCCC1. The normalized spacial score (nSPS) is 15.2. The third kappa shape index (κ3) is 3.61. The van der Waals surface area contributed by atoms with Crippen molar-refractivity contribution >= 4 is 21.6 Å². The van der Waals surface area contributed by atoms with Gasteiger partial charge in [-0.25, -0.2) is 8.42 Å². The molecule has 140 valence electrons. The van der Waals surface area contributed by atoms with Crippen LogP contribution in [-0.2, 0) is 17.1 Å². The molecule has 1 fully saturated rings. The molecule has 3 rings (SSSR count). The zero-order valence-corrected chi connectivity index (χ0v) is 15.8. The van der Waals surface area contributed by atoms with E-state index in [1.54, 1.807) is 49.0 Å². The fourth-order valence-electron chi connectivity index (χ4n) is 3.02. The van der Waals surface area contributed by atoms with Crippen molar-refractivity contribution in [2.24, 2.45) is 7.05 Å². The molecule has 1 aliphatic heterocycles. The number of rotatable bonds is 6. The van der Waals surface area contributed by atoms with Crippen LogP contribution in [0, 0.1) is 0 Å². The Morgan fingerprint density at radius 1 is 1.23 bits per heavy atom. The number of aryl methyl sites for hydroxylation is 1. The maximum atomic E-state index is 13.0. The number of benzene rings is 1. The molecule has 2 heterocycles. The van der Waals surface area contributed by atoms with E-state index in [1.165, 1.54) is 10.4 Å². The number of anilines is 1. The minimum absolute atomic E-state index is 0.0888. The molecule has 0 bridgehead atoms. The summed E-state index contributed by atoms with van der Waals surface area (Å²) in [6, 6.07) is 8.18. The number of carbonyl (C=O) groups excluding carboxylic acids is 1. The van der Waals surface area contributed by atoms with Crippen LogP contribution in [0.4, 0.5) is 5.69 Å². The van der Waals surface area contributed by atoms with Crippen molar-refractivity contribution in [3.8, 4) is 5.75 Å². The summed E-state index contributed by atoms with van der Waals surface area (Å²) >= 11 is 0. The molecular weight excluding hydrogens is 354 g/mol. The van der Waals surface area contributed by atoms with Crippen LogP contribution in [0.15, 0.2) is 41.4 Å². The second kappa shape index (κ2) is 7.51. The number of nitrogens with zero attached hydrogens (tertiary/aromatic N) is 2. The van der Waals surface area contributed by atoms with Gasteiger partial charge in [-0.15, -0.1) is 0 Å². The summed E-state index contributed by atoms with van der Waals surface area (Å²) < 4.78 is 34.6. The number of aromatic nitrogens is 1. The predicted molar refractivity (Wildman–Crippen MR) is 99.0 cm³/mol. The molecule has 1 aromatic carbocycles. The highest BCUT2D eigenvalue weighted by atomic mass is 32.2. The van der Waals surface area contributed by atoms with E-state index in [0.717, 1.165) is 12.8 Å². The van der Waals surface area contributed by atoms with E-state index in [4.69, 9.17) is 4.74 Å². The van der Waals surface area contributed by atoms with E-state index in [0.29, 0.717) is 36.8 Å². The van der Waals surface area contributed by atoms with Crippen LogP contribution in [-0.4, -0.2) is 42.9 Å². The van der Waals surface area contributed by atoms with Crippen molar-refractivity contribution in [1.29, 1.82) is 0 Å². The summed E-state index contributed by atoms with van der Waals surface area (Å²) in [4.78, 5) is 12.5. The zero-order valence-electron chi connectivity index (χ0n) is 14.9. The van der Waals surface area contributed by atoms with E-state index in [-0.39, 0.29) is 10.8 Å². The van der Waals surface area contributed by atoms with Crippen molar-refractivity contribution in [3.63, 3.8) is 0 Å². The number of ether oxygens (including phenoxy) is 1. The first kappa shape index (κ1) is 18.5. The molecule has 1 amide bonds. The van der Waals surface area contributed by atoms with Gasteiger partial charge in [0.15, 0.2) is 0 Å². The maximum Gasteiger partial charge on any atom is 0.272 e. The summed E-state index contributed by atoms with van der Waals surface area (Å²) in [5.41, 5.74) is 0.903. The first-order valence-corrected chi connectivity index (χ1v) is 10.1. The highest BCUT2D eigenvalue weighted by Crippen LogP contribution is 2.31. The lowest BCUT2D eigenvalue weighted by Crippen LogP contribution is -2.28. The van der Waals surface area contributed by atoms with Crippen molar-refractivity contribution < 1.29 is 17.9 Å². The van der Waals surface area contributed by atoms with E-state index < -0.39 is 10.0 Å². The predicted octanol–water partition coefficient (Wildman–Crippen LogP) is 2.46. The topological polar surface area (TPSA) is 80.6 Å². The molecule has 2 aromatic rings. The van der Waals surface area contributed by atoms with Crippen LogP contribution in [0.25, 0.3) is 0 Å². The molecule has 26 heavy (non-hydrogen) atoms. The molecule has 0 spiro atoms. The summed E-state index contributed by atoms with van der Waals surface area (Å²) in [7, 11) is -1.89. The molecule has 1 N–H and O–H groups in total. The minimum atomic E-state index is -3.66. The summed E-state index contributed by atoms with van der Waals surface area (Å²) in [6.45, 7) is 3.18.